The van der Waals surface area contributed by atoms with E-state index in [0.717, 1.165) is 24.0 Å². The van der Waals surface area contributed by atoms with Gasteiger partial charge in [-0.25, -0.2) is 0 Å². The van der Waals surface area contributed by atoms with Crippen molar-refractivity contribution < 1.29 is 10.0 Å². The van der Waals surface area contributed by atoms with Crippen molar-refractivity contribution in [2.24, 2.45) is 0 Å². The third kappa shape index (κ3) is 3.04. The normalized spacial score (nSPS) is 12.8. The van der Waals surface area contributed by atoms with E-state index < -0.39 is 7.12 Å². The average Bonchev–Trinajstić information content (AvgIpc) is 2.80. The molecule has 4 rings (SSSR count). The zero-order valence-corrected chi connectivity index (χ0v) is 13.9. The van der Waals surface area contributed by atoms with Gasteiger partial charge < -0.3 is 10.0 Å². The fraction of sp³-hybridized carbons (Fsp3) is 0.0909. The Labute approximate surface area is 148 Å². The molecule has 25 heavy (non-hydrogen) atoms. The molecule has 0 unspecified atom stereocenters. The molecule has 0 bridgehead atoms. The summed E-state index contributed by atoms with van der Waals surface area (Å²) in [4.78, 5) is 0. The van der Waals surface area contributed by atoms with Gasteiger partial charge in [0.05, 0.1) is 0 Å². The van der Waals surface area contributed by atoms with Crippen LogP contribution in [0.1, 0.15) is 27.8 Å². The standard InChI is InChI=1S/C22H19BO2/c24-23(25)22-12-6-3-9-18(22)15-21-19-10-4-1-7-16(19)13-14-17-8-2-5-11-20(17)21/h1-12,15,24-25H,13-14H2. The maximum Gasteiger partial charge on any atom is 0.489 e. The second-order valence-electron chi connectivity index (χ2n) is 6.37. The van der Waals surface area contributed by atoms with Crippen molar-refractivity contribution in [3.8, 4) is 0 Å². The van der Waals surface area contributed by atoms with Crippen LogP contribution in [0.25, 0.3) is 11.6 Å². The molecule has 122 valence electrons. The molecule has 0 aliphatic heterocycles. The van der Waals surface area contributed by atoms with Gasteiger partial charge in [-0.1, -0.05) is 72.8 Å². The first-order valence-electron chi connectivity index (χ1n) is 8.57. The molecule has 0 aromatic heterocycles. The molecule has 3 aromatic rings. The summed E-state index contributed by atoms with van der Waals surface area (Å²) >= 11 is 0. The SMILES string of the molecule is OB(O)c1ccccc1C=C1c2ccccc2CCc2ccccc21. The Morgan fingerprint density at radius 1 is 0.680 bits per heavy atom. The third-order valence-electron chi connectivity index (χ3n) is 4.85. The molecule has 0 radical (unpaired) electrons. The minimum absolute atomic E-state index is 0.522. The summed E-state index contributed by atoms with van der Waals surface area (Å²) in [5, 5.41) is 19.4. The molecular weight excluding hydrogens is 307 g/mol. The van der Waals surface area contributed by atoms with Crippen molar-refractivity contribution >= 4 is 24.2 Å². The Bertz CT molecular complexity index is 895. The number of rotatable bonds is 2. The van der Waals surface area contributed by atoms with Crippen LogP contribution in [0.15, 0.2) is 72.8 Å². The average molecular weight is 326 g/mol. The molecule has 3 aromatic carbocycles. The van der Waals surface area contributed by atoms with Gasteiger partial charge in [0, 0.05) is 0 Å². The van der Waals surface area contributed by atoms with Crippen molar-refractivity contribution in [2.75, 3.05) is 0 Å². The maximum atomic E-state index is 9.71. The summed E-state index contributed by atoms with van der Waals surface area (Å²) in [6.45, 7) is 0. The Morgan fingerprint density at radius 3 is 1.80 bits per heavy atom. The lowest BCUT2D eigenvalue weighted by Gasteiger charge is -2.13. The molecule has 2 nitrogen and oxygen atoms in total. The Kier molecular flexibility index (Phi) is 4.27. The van der Waals surface area contributed by atoms with Gasteiger partial charge in [-0.2, -0.15) is 0 Å². The van der Waals surface area contributed by atoms with Crippen molar-refractivity contribution in [1.82, 2.24) is 0 Å². The molecular formula is C22H19BO2. The largest absolute Gasteiger partial charge is 0.489 e. The van der Waals surface area contributed by atoms with E-state index in [2.05, 4.69) is 54.6 Å². The van der Waals surface area contributed by atoms with Crippen LogP contribution in [0.5, 0.6) is 0 Å². The summed E-state index contributed by atoms with van der Waals surface area (Å²) in [5.41, 5.74) is 7.58. The van der Waals surface area contributed by atoms with Crippen molar-refractivity contribution in [3.63, 3.8) is 0 Å². The van der Waals surface area contributed by atoms with E-state index in [0.29, 0.717) is 5.46 Å². The van der Waals surface area contributed by atoms with Crippen molar-refractivity contribution in [3.05, 3.63) is 101 Å². The lowest BCUT2D eigenvalue weighted by atomic mass is 9.76. The first kappa shape index (κ1) is 15.9. The zero-order valence-electron chi connectivity index (χ0n) is 13.9. The Morgan fingerprint density at radius 2 is 1.20 bits per heavy atom. The van der Waals surface area contributed by atoms with Crippen LogP contribution in [0.4, 0.5) is 0 Å². The monoisotopic (exact) mass is 326 g/mol. The summed E-state index contributed by atoms with van der Waals surface area (Å²) in [7, 11) is -1.48. The molecule has 0 fully saturated rings. The van der Waals surface area contributed by atoms with Crippen LogP contribution in [0.2, 0.25) is 0 Å². The highest BCUT2D eigenvalue weighted by molar-refractivity contribution is 6.59. The first-order chi connectivity index (χ1) is 12.2. The number of hydrogen-bond acceptors (Lipinski definition) is 2. The molecule has 3 heteroatoms. The summed E-state index contributed by atoms with van der Waals surface area (Å²) in [6, 6.07) is 24.4. The summed E-state index contributed by atoms with van der Waals surface area (Å²) in [6.07, 6.45) is 4.10. The van der Waals surface area contributed by atoms with Gasteiger partial charge in [0.2, 0.25) is 0 Å². The van der Waals surface area contributed by atoms with E-state index in [1.54, 1.807) is 6.07 Å². The van der Waals surface area contributed by atoms with Crippen LogP contribution in [-0.2, 0) is 12.8 Å². The number of fused-ring (bicyclic) bond motifs is 2. The highest BCUT2D eigenvalue weighted by Gasteiger charge is 2.19. The van der Waals surface area contributed by atoms with Crippen molar-refractivity contribution in [2.45, 2.75) is 12.8 Å². The van der Waals surface area contributed by atoms with Gasteiger partial charge in [-0.15, -0.1) is 0 Å². The first-order valence-corrected chi connectivity index (χ1v) is 8.57. The molecule has 1 aliphatic carbocycles. The molecule has 1 aliphatic rings. The fourth-order valence-electron chi connectivity index (χ4n) is 3.61. The van der Waals surface area contributed by atoms with Crippen LogP contribution in [0.3, 0.4) is 0 Å². The zero-order chi connectivity index (χ0) is 17.2. The highest BCUT2D eigenvalue weighted by Crippen LogP contribution is 2.34. The smallest absolute Gasteiger partial charge is 0.423 e. The van der Waals surface area contributed by atoms with E-state index in [1.807, 2.05) is 18.2 Å². The van der Waals surface area contributed by atoms with Crippen LogP contribution in [0, 0.1) is 0 Å². The van der Waals surface area contributed by atoms with E-state index in [1.165, 1.54) is 22.3 Å². The van der Waals surface area contributed by atoms with Gasteiger partial charge in [0.1, 0.15) is 0 Å². The predicted molar refractivity (Wildman–Crippen MR) is 104 cm³/mol. The Hall–Kier alpha value is -2.62. The fourth-order valence-corrected chi connectivity index (χ4v) is 3.61. The minimum Gasteiger partial charge on any atom is -0.423 e. The van der Waals surface area contributed by atoms with Crippen molar-refractivity contribution in [1.29, 1.82) is 0 Å². The predicted octanol–water partition coefficient (Wildman–Crippen LogP) is 3.05. The number of benzene rings is 3. The van der Waals surface area contributed by atoms with Crippen LogP contribution >= 0.6 is 0 Å². The summed E-state index contributed by atoms with van der Waals surface area (Å²) < 4.78 is 0. The molecule has 0 atom stereocenters. The number of hydrogen-bond donors (Lipinski definition) is 2. The van der Waals surface area contributed by atoms with E-state index in [-0.39, 0.29) is 0 Å². The second-order valence-corrected chi connectivity index (χ2v) is 6.37. The van der Waals surface area contributed by atoms with Gasteiger partial charge >= 0.3 is 7.12 Å². The van der Waals surface area contributed by atoms with Gasteiger partial charge in [0.25, 0.3) is 0 Å². The highest BCUT2D eigenvalue weighted by atomic mass is 16.4. The Balaban J connectivity index is 1.98. The van der Waals surface area contributed by atoms with Gasteiger partial charge in [0.15, 0.2) is 0 Å². The van der Waals surface area contributed by atoms with E-state index >= 15 is 0 Å². The molecule has 2 N–H and O–H groups in total. The third-order valence-corrected chi connectivity index (χ3v) is 4.85. The molecule has 0 saturated heterocycles. The minimum atomic E-state index is -1.48. The molecule has 0 saturated carbocycles. The van der Waals surface area contributed by atoms with E-state index in [4.69, 9.17) is 0 Å². The van der Waals surface area contributed by atoms with Gasteiger partial charge in [-0.05, 0) is 57.8 Å². The lowest BCUT2D eigenvalue weighted by Crippen LogP contribution is -2.31. The molecule has 0 heterocycles. The number of aryl methyl sites for hydroxylation is 2. The second kappa shape index (κ2) is 6.71. The summed E-state index contributed by atoms with van der Waals surface area (Å²) in [5.74, 6) is 0. The van der Waals surface area contributed by atoms with E-state index in [9.17, 15) is 10.0 Å². The topological polar surface area (TPSA) is 40.5 Å². The van der Waals surface area contributed by atoms with Crippen LogP contribution in [-0.4, -0.2) is 17.2 Å². The maximum absolute atomic E-state index is 9.71. The molecule has 0 amide bonds. The molecule has 0 spiro atoms. The lowest BCUT2D eigenvalue weighted by molar-refractivity contribution is 0.425. The van der Waals surface area contributed by atoms with Crippen LogP contribution < -0.4 is 5.46 Å². The van der Waals surface area contributed by atoms with Gasteiger partial charge in [-0.3, -0.25) is 0 Å². The quantitative estimate of drug-likeness (QED) is 0.711.